The Bertz CT molecular complexity index is 1110. The quantitative estimate of drug-likeness (QED) is 0.480. The van der Waals surface area contributed by atoms with Gasteiger partial charge in [-0.25, -0.2) is 9.18 Å². The Hall–Kier alpha value is -3.06. The van der Waals surface area contributed by atoms with Crippen LogP contribution in [0.3, 0.4) is 0 Å². The zero-order chi connectivity index (χ0) is 25.9. The number of anilines is 2. The van der Waals surface area contributed by atoms with Gasteiger partial charge in [0.2, 0.25) is 0 Å². The van der Waals surface area contributed by atoms with E-state index in [9.17, 15) is 4.79 Å². The van der Waals surface area contributed by atoms with Crippen molar-refractivity contribution < 1.29 is 18.7 Å². The number of alkyl carbamates (subject to hydrolysis) is 1. The van der Waals surface area contributed by atoms with Crippen molar-refractivity contribution in [3.8, 4) is 11.1 Å². The van der Waals surface area contributed by atoms with Gasteiger partial charge in [0.15, 0.2) is 5.82 Å². The molecule has 1 aliphatic carbocycles. The van der Waals surface area contributed by atoms with Gasteiger partial charge in [0.05, 0.1) is 24.4 Å². The van der Waals surface area contributed by atoms with E-state index in [1.807, 2.05) is 45.0 Å². The minimum absolute atomic E-state index is 0.147. The molecule has 1 aliphatic heterocycles. The van der Waals surface area contributed by atoms with E-state index in [2.05, 4.69) is 35.4 Å². The first kappa shape index (κ1) is 26.0. The number of halogens is 1. The molecule has 6 nitrogen and oxygen atoms in total. The Balaban J connectivity index is 1.53. The molecule has 2 atom stereocenters. The highest BCUT2D eigenvalue weighted by molar-refractivity contribution is 5.74. The number of benzene rings is 2. The fraction of sp³-hybridized carbons (Fsp3) is 0.483. The molecule has 2 aliphatic rings. The second-order valence-corrected chi connectivity index (χ2v) is 10.8. The van der Waals surface area contributed by atoms with Gasteiger partial charge in [0.25, 0.3) is 0 Å². The third-order valence-electron chi connectivity index (χ3n) is 6.42. The van der Waals surface area contributed by atoms with E-state index < -0.39 is 11.7 Å². The van der Waals surface area contributed by atoms with Crippen molar-refractivity contribution in [3.05, 3.63) is 59.6 Å². The van der Waals surface area contributed by atoms with Crippen molar-refractivity contribution in [2.75, 3.05) is 29.9 Å². The van der Waals surface area contributed by atoms with Crippen LogP contribution in [0, 0.1) is 5.82 Å². The summed E-state index contributed by atoms with van der Waals surface area (Å²) in [5.41, 5.74) is 4.27. The number of carbonyl (C=O) groups is 1. The largest absolute Gasteiger partial charge is 0.444 e. The predicted octanol–water partition coefficient (Wildman–Crippen LogP) is 6.48. The number of ether oxygens (including phenoxy) is 2. The average Bonchev–Trinajstić information content (AvgIpc) is 2.76. The minimum atomic E-state index is -0.576. The molecule has 0 aromatic heterocycles. The maximum Gasteiger partial charge on any atom is 0.407 e. The molecule has 194 valence electrons. The lowest BCUT2D eigenvalue weighted by Gasteiger charge is -2.37. The first-order valence-electron chi connectivity index (χ1n) is 12.8. The number of morpholine rings is 1. The summed E-state index contributed by atoms with van der Waals surface area (Å²) in [6, 6.07) is 13.4. The number of amides is 1. The highest BCUT2D eigenvalue weighted by Gasteiger charge is 2.23. The van der Waals surface area contributed by atoms with Gasteiger partial charge in [-0.15, -0.1) is 0 Å². The van der Waals surface area contributed by atoms with Crippen LogP contribution in [0.1, 0.15) is 53.9 Å². The molecule has 4 rings (SSSR count). The van der Waals surface area contributed by atoms with E-state index in [1.54, 1.807) is 12.1 Å². The number of allylic oxidation sites excluding steroid dienone is 1. The molecule has 1 amide bonds. The molecule has 1 heterocycles. The number of rotatable bonds is 6. The maximum absolute atomic E-state index is 15.8. The molecule has 7 heteroatoms. The van der Waals surface area contributed by atoms with Gasteiger partial charge in [-0.2, -0.15) is 0 Å². The monoisotopic (exact) mass is 495 g/mol. The number of nitrogens with zero attached hydrogens (tertiary/aromatic N) is 1. The van der Waals surface area contributed by atoms with Crippen LogP contribution in [-0.2, 0) is 9.47 Å². The van der Waals surface area contributed by atoms with Crippen molar-refractivity contribution in [2.24, 2.45) is 0 Å². The first-order valence-corrected chi connectivity index (χ1v) is 12.8. The summed E-state index contributed by atoms with van der Waals surface area (Å²) < 4.78 is 27.0. The lowest BCUT2D eigenvalue weighted by Crippen LogP contribution is -2.45. The van der Waals surface area contributed by atoms with E-state index >= 15 is 4.39 Å². The predicted molar refractivity (Wildman–Crippen MR) is 143 cm³/mol. The molecule has 2 unspecified atom stereocenters. The summed E-state index contributed by atoms with van der Waals surface area (Å²) in [5.74, 6) is -0.312. The third kappa shape index (κ3) is 6.58. The first-order chi connectivity index (χ1) is 17.1. The number of hydrogen-bond donors (Lipinski definition) is 2. The van der Waals surface area contributed by atoms with Gasteiger partial charge >= 0.3 is 6.09 Å². The zero-order valence-electron chi connectivity index (χ0n) is 22.0. The van der Waals surface area contributed by atoms with Crippen LogP contribution in [0.25, 0.3) is 11.1 Å². The van der Waals surface area contributed by atoms with E-state index in [4.69, 9.17) is 9.47 Å². The SMILES string of the molecule is CC1CN(c2cccc(-c3cccc(NC(CNC(=O)OC(C)(C)C)=C4CCC4)c3F)c2)CC(C)O1. The highest BCUT2D eigenvalue weighted by Crippen LogP contribution is 2.34. The summed E-state index contributed by atoms with van der Waals surface area (Å²) in [4.78, 5) is 14.5. The van der Waals surface area contributed by atoms with Crippen LogP contribution in [0.4, 0.5) is 20.6 Å². The standard InChI is InChI=1S/C29H38FN3O3/c1-19-17-33(18-20(2)35-19)23-12-7-11-22(15-23)24-13-8-14-25(27(24)30)32-26(21-9-6-10-21)16-31-28(34)36-29(3,4)5/h7-8,11-15,19-20,32H,6,9-10,16-18H2,1-5H3,(H,31,34). The van der Waals surface area contributed by atoms with Crippen LogP contribution in [0.15, 0.2) is 53.7 Å². The fourth-order valence-corrected chi connectivity index (χ4v) is 4.66. The van der Waals surface area contributed by atoms with E-state index in [-0.39, 0.29) is 24.6 Å². The number of carbonyl (C=O) groups excluding carboxylic acids is 1. The molecule has 36 heavy (non-hydrogen) atoms. The summed E-state index contributed by atoms with van der Waals surface area (Å²) in [5, 5.41) is 6.08. The van der Waals surface area contributed by atoms with Gasteiger partial charge in [-0.05, 0) is 83.2 Å². The summed E-state index contributed by atoms with van der Waals surface area (Å²) in [6.07, 6.45) is 2.79. The molecule has 2 N–H and O–H groups in total. The van der Waals surface area contributed by atoms with Gasteiger partial charge in [0.1, 0.15) is 5.60 Å². The molecule has 1 saturated heterocycles. The smallest absolute Gasteiger partial charge is 0.407 e. The van der Waals surface area contributed by atoms with Crippen molar-refractivity contribution in [3.63, 3.8) is 0 Å². The molecule has 0 radical (unpaired) electrons. The van der Waals surface area contributed by atoms with Gasteiger partial charge in [-0.1, -0.05) is 24.3 Å². The average molecular weight is 496 g/mol. The fourth-order valence-electron chi connectivity index (χ4n) is 4.66. The van der Waals surface area contributed by atoms with Crippen molar-refractivity contribution in [2.45, 2.75) is 71.7 Å². The van der Waals surface area contributed by atoms with E-state index in [1.165, 1.54) is 5.57 Å². The van der Waals surface area contributed by atoms with E-state index in [0.29, 0.717) is 11.3 Å². The van der Waals surface area contributed by atoms with Crippen molar-refractivity contribution in [1.29, 1.82) is 0 Å². The third-order valence-corrected chi connectivity index (χ3v) is 6.42. The topological polar surface area (TPSA) is 62.8 Å². The van der Waals surface area contributed by atoms with Crippen molar-refractivity contribution >= 4 is 17.5 Å². The lowest BCUT2D eigenvalue weighted by atomic mass is 9.90. The molecular formula is C29H38FN3O3. The Morgan fingerprint density at radius 2 is 1.81 bits per heavy atom. The number of nitrogens with one attached hydrogen (secondary N) is 2. The van der Waals surface area contributed by atoms with Crippen LogP contribution in [0.2, 0.25) is 0 Å². The van der Waals surface area contributed by atoms with Crippen LogP contribution in [-0.4, -0.2) is 43.5 Å². The van der Waals surface area contributed by atoms with E-state index in [0.717, 1.165) is 49.3 Å². The Morgan fingerprint density at radius 3 is 2.44 bits per heavy atom. The zero-order valence-corrected chi connectivity index (χ0v) is 22.0. The lowest BCUT2D eigenvalue weighted by molar-refractivity contribution is -0.00522. The minimum Gasteiger partial charge on any atom is -0.444 e. The van der Waals surface area contributed by atoms with Crippen LogP contribution < -0.4 is 15.5 Å². The van der Waals surface area contributed by atoms with Gasteiger partial charge < -0.3 is 25.0 Å². The normalized spacial score (nSPS) is 19.9. The molecule has 0 spiro atoms. The molecule has 2 aromatic rings. The van der Waals surface area contributed by atoms with Gasteiger partial charge in [0, 0.05) is 30.0 Å². The summed E-state index contributed by atoms with van der Waals surface area (Å²) in [6.45, 7) is 11.5. The second-order valence-electron chi connectivity index (χ2n) is 10.8. The summed E-state index contributed by atoms with van der Waals surface area (Å²) in [7, 11) is 0. The van der Waals surface area contributed by atoms with Crippen molar-refractivity contribution in [1.82, 2.24) is 5.32 Å². The Morgan fingerprint density at radius 1 is 1.11 bits per heavy atom. The Labute approximate surface area is 213 Å². The second kappa shape index (κ2) is 10.9. The molecule has 1 saturated carbocycles. The number of hydrogen-bond acceptors (Lipinski definition) is 5. The highest BCUT2D eigenvalue weighted by atomic mass is 19.1. The molecule has 0 bridgehead atoms. The van der Waals surface area contributed by atoms with Gasteiger partial charge in [-0.3, -0.25) is 0 Å². The Kier molecular flexibility index (Phi) is 7.88. The summed E-state index contributed by atoms with van der Waals surface area (Å²) >= 11 is 0. The molecule has 2 aromatic carbocycles. The van der Waals surface area contributed by atoms with Crippen LogP contribution in [0.5, 0.6) is 0 Å². The van der Waals surface area contributed by atoms with Crippen LogP contribution >= 0.6 is 0 Å². The molecular weight excluding hydrogens is 457 g/mol. The maximum atomic E-state index is 15.8. The molecule has 2 fully saturated rings.